The molecule has 0 bridgehead atoms. The zero-order valence-corrected chi connectivity index (χ0v) is 18.5. The molecular weight excluding hydrogens is 420 g/mol. The number of hydrogen-bond donors (Lipinski definition) is 5. The summed E-state index contributed by atoms with van der Waals surface area (Å²) in [4.78, 5) is 12.3. The van der Waals surface area contributed by atoms with Crippen LogP contribution in [0.2, 0.25) is 0 Å². The third-order valence-electron chi connectivity index (χ3n) is 5.48. The Bertz CT molecular complexity index is 1220. The first-order chi connectivity index (χ1) is 16.2. The summed E-state index contributed by atoms with van der Waals surface area (Å²) in [6.45, 7) is 1.39. The van der Waals surface area contributed by atoms with Gasteiger partial charge in [-0.1, -0.05) is 0 Å². The van der Waals surface area contributed by atoms with Gasteiger partial charge in [-0.25, -0.2) is 0 Å². The van der Waals surface area contributed by atoms with Gasteiger partial charge in [0.2, 0.25) is 5.95 Å². The highest BCUT2D eigenvalue weighted by molar-refractivity contribution is 5.94. The number of fused-ring (bicyclic) bond motifs is 1. The van der Waals surface area contributed by atoms with Crippen molar-refractivity contribution in [3.05, 3.63) is 41.6 Å². The lowest BCUT2D eigenvalue weighted by molar-refractivity contribution is 0.0904. The molecule has 2 aromatic heterocycles. The van der Waals surface area contributed by atoms with E-state index in [1.165, 1.54) is 6.21 Å². The van der Waals surface area contributed by atoms with E-state index >= 15 is 0 Å². The normalized spacial score (nSPS) is 14.5. The lowest BCUT2D eigenvalue weighted by Crippen LogP contribution is -2.28. The van der Waals surface area contributed by atoms with Crippen LogP contribution >= 0.6 is 0 Å². The van der Waals surface area contributed by atoms with Crippen molar-refractivity contribution in [2.75, 3.05) is 38.0 Å². The monoisotopic (exact) mass is 446 g/mol. The molecular formula is C23H26N8O2. The lowest BCUT2D eigenvalue weighted by atomic mass is 10.1. The highest BCUT2D eigenvalue weighted by Gasteiger charge is 2.19. The van der Waals surface area contributed by atoms with Gasteiger partial charge in [-0.3, -0.25) is 0 Å². The average Bonchev–Trinajstić information content (AvgIpc) is 3.26. The van der Waals surface area contributed by atoms with E-state index in [-0.39, 0.29) is 6.04 Å². The predicted molar refractivity (Wildman–Crippen MR) is 128 cm³/mol. The van der Waals surface area contributed by atoms with Gasteiger partial charge in [0, 0.05) is 61.7 Å². The van der Waals surface area contributed by atoms with Crippen LogP contribution < -0.4 is 20.7 Å². The largest absolute Gasteiger partial charge is 0.496 e. The Labute approximate surface area is 191 Å². The van der Waals surface area contributed by atoms with E-state index in [1.54, 1.807) is 26.4 Å². The Kier molecular flexibility index (Phi) is 6.71. The number of nitriles is 1. The van der Waals surface area contributed by atoms with Crippen LogP contribution in [0.1, 0.15) is 24.0 Å². The molecule has 0 amide bonds. The van der Waals surface area contributed by atoms with E-state index in [0.717, 1.165) is 29.8 Å². The molecule has 170 valence electrons. The molecule has 0 spiro atoms. The number of allylic oxidation sites excluding steroid dienone is 1. The number of benzene rings is 1. The van der Waals surface area contributed by atoms with Crippen LogP contribution in [-0.4, -0.2) is 54.6 Å². The minimum absolute atomic E-state index is 0.214. The molecule has 3 heterocycles. The second-order valence-electron chi connectivity index (χ2n) is 7.50. The Morgan fingerprint density at radius 2 is 2.15 bits per heavy atom. The number of aromatic nitrogens is 3. The van der Waals surface area contributed by atoms with Gasteiger partial charge < -0.3 is 35.8 Å². The van der Waals surface area contributed by atoms with E-state index in [1.807, 2.05) is 18.2 Å². The molecule has 3 aromatic rings. The second kappa shape index (κ2) is 10.0. The van der Waals surface area contributed by atoms with Crippen molar-refractivity contribution in [3.8, 4) is 11.8 Å². The molecule has 10 heteroatoms. The van der Waals surface area contributed by atoms with Gasteiger partial charge in [-0.05, 0) is 31.1 Å². The molecule has 0 radical (unpaired) electrons. The molecule has 0 aliphatic carbocycles. The summed E-state index contributed by atoms with van der Waals surface area (Å²) < 4.78 is 11.0. The fourth-order valence-corrected chi connectivity index (χ4v) is 3.83. The van der Waals surface area contributed by atoms with Crippen LogP contribution in [0.25, 0.3) is 16.7 Å². The highest BCUT2D eigenvalue weighted by Crippen LogP contribution is 2.31. The predicted octanol–water partition coefficient (Wildman–Crippen LogP) is 3.38. The summed E-state index contributed by atoms with van der Waals surface area (Å²) in [5.41, 5.74) is 3.41. The smallest absolute Gasteiger partial charge is 0.231 e. The number of ether oxygens (including phenoxy) is 2. The number of H-pyrrole nitrogens is 1. The average molecular weight is 447 g/mol. The first-order valence-electron chi connectivity index (χ1n) is 10.6. The number of hydrogen-bond acceptors (Lipinski definition) is 9. The summed E-state index contributed by atoms with van der Waals surface area (Å²) in [6, 6.07) is 8.05. The number of methoxy groups -OCH3 is 1. The van der Waals surface area contributed by atoms with E-state index in [0.29, 0.717) is 47.3 Å². The maximum atomic E-state index is 9.52. The third kappa shape index (κ3) is 4.73. The summed E-state index contributed by atoms with van der Waals surface area (Å²) in [5.74, 6) is 1.64. The van der Waals surface area contributed by atoms with Crippen molar-refractivity contribution in [1.82, 2.24) is 20.3 Å². The van der Waals surface area contributed by atoms with Crippen LogP contribution in [0.3, 0.4) is 0 Å². The molecule has 1 aliphatic heterocycles. The minimum atomic E-state index is 0.214. The molecule has 5 N–H and O–H groups in total. The van der Waals surface area contributed by atoms with Crippen molar-refractivity contribution in [3.63, 3.8) is 0 Å². The van der Waals surface area contributed by atoms with E-state index in [9.17, 15) is 5.26 Å². The quantitative estimate of drug-likeness (QED) is 0.331. The van der Waals surface area contributed by atoms with Crippen LogP contribution in [0, 0.1) is 16.7 Å². The van der Waals surface area contributed by atoms with Gasteiger partial charge in [0.1, 0.15) is 23.3 Å². The van der Waals surface area contributed by atoms with Crippen molar-refractivity contribution >= 4 is 40.4 Å². The molecule has 1 aromatic carbocycles. The molecule has 1 aliphatic rings. The first kappa shape index (κ1) is 22.1. The maximum absolute atomic E-state index is 9.52. The van der Waals surface area contributed by atoms with Gasteiger partial charge in [0.05, 0.1) is 18.1 Å². The SMILES string of the molecule is CN/C(=C\C=N)c1ccc(Nc2nc(NC3CCOCC3)c3c(C#N)c[nH]c3n2)cc1OC. The van der Waals surface area contributed by atoms with Crippen molar-refractivity contribution < 1.29 is 9.47 Å². The molecule has 1 saturated heterocycles. The number of aromatic amines is 1. The van der Waals surface area contributed by atoms with Crippen LogP contribution in [0.15, 0.2) is 30.5 Å². The topological polar surface area (TPSA) is 144 Å². The summed E-state index contributed by atoms with van der Waals surface area (Å²) in [7, 11) is 3.39. The Balaban J connectivity index is 1.68. The summed E-state index contributed by atoms with van der Waals surface area (Å²) in [5, 5.41) is 27.3. The number of rotatable bonds is 8. The van der Waals surface area contributed by atoms with Gasteiger partial charge in [-0.15, -0.1) is 0 Å². The molecule has 0 unspecified atom stereocenters. The summed E-state index contributed by atoms with van der Waals surface area (Å²) in [6.07, 6.45) is 6.27. The van der Waals surface area contributed by atoms with E-state index in [2.05, 4.69) is 32.0 Å². The number of nitrogens with zero attached hydrogens (tertiary/aromatic N) is 3. The van der Waals surface area contributed by atoms with Gasteiger partial charge in [0.15, 0.2) is 0 Å². The van der Waals surface area contributed by atoms with Crippen molar-refractivity contribution in [2.24, 2.45) is 0 Å². The highest BCUT2D eigenvalue weighted by atomic mass is 16.5. The fourth-order valence-electron chi connectivity index (χ4n) is 3.83. The van der Waals surface area contributed by atoms with E-state index < -0.39 is 0 Å². The Morgan fingerprint density at radius 1 is 1.33 bits per heavy atom. The molecule has 0 atom stereocenters. The molecule has 1 fully saturated rings. The van der Waals surface area contributed by atoms with Gasteiger partial charge in [0.25, 0.3) is 0 Å². The van der Waals surface area contributed by atoms with Gasteiger partial charge in [-0.2, -0.15) is 15.2 Å². The zero-order chi connectivity index (χ0) is 23.2. The Hall–Kier alpha value is -4.10. The number of nitrogens with one attached hydrogen (secondary N) is 5. The summed E-state index contributed by atoms with van der Waals surface area (Å²) >= 11 is 0. The third-order valence-corrected chi connectivity index (χ3v) is 5.48. The minimum Gasteiger partial charge on any atom is -0.496 e. The lowest BCUT2D eigenvalue weighted by Gasteiger charge is -2.24. The number of anilines is 3. The van der Waals surface area contributed by atoms with Crippen molar-refractivity contribution in [2.45, 2.75) is 18.9 Å². The molecule has 4 rings (SSSR count). The van der Waals surface area contributed by atoms with Crippen LogP contribution in [-0.2, 0) is 4.74 Å². The molecule has 0 saturated carbocycles. The maximum Gasteiger partial charge on any atom is 0.231 e. The molecule has 33 heavy (non-hydrogen) atoms. The standard InChI is InChI=1S/C23H26N8O2/c1-26-18(5-8-24)17-4-3-16(11-19(17)32-2)29-23-30-21-20(14(12-25)13-27-21)22(31-23)28-15-6-9-33-10-7-15/h3-5,8,11,13,15,24,26H,6-7,9-10H2,1-2H3,(H3,27,28,29,30,31)/b18-5-,24-8?. The fraction of sp³-hybridized carbons (Fsp3) is 0.304. The van der Waals surface area contributed by atoms with Gasteiger partial charge >= 0.3 is 0 Å². The van der Waals surface area contributed by atoms with Crippen LogP contribution in [0.5, 0.6) is 5.75 Å². The second-order valence-corrected chi connectivity index (χ2v) is 7.50. The Morgan fingerprint density at radius 3 is 2.85 bits per heavy atom. The molecule has 10 nitrogen and oxygen atoms in total. The first-order valence-corrected chi connectivity index (χ1v) is 10.6. The van der Waals surface area contributed by atoms with Crippen molar-refractivity contribution in [1.29, 1.82) is 10.7 Å². The zero-order valence-electron chi connectivity index (χ0n) is 18.5. The van der Waals surface area contributed by atoms with Crippen LogP contribution in [0.4, 0.5) is 17.5 Å². The van der Waals surface area contributed by atoms with E-state index in [4.69, 9.17) is 19.9 Å².